The number of ether oxygens (including phenoxy) is 1. The van der Waals surface area contributed by atoms with Crippen molar-refractivity contribution in [2.24, 2.45) is 5.92 Å². The highest BCUT2D eigenvalue weighted by atomic mass is 16.5. The number of piperidine rings is 1. The van der Waals surface area contributed by atoms with Crippen molar-refractivity contribution in [2.45, 2.75) is 33.6 Å². The molecule has 3 aromatic rings. The van der Waals surface area contributed by atoms with E-state index in [1.165, 1.54) is 0 Å². The number of carbonyl (C=O) groups is 2. The van der Waals surface area contributed by atoms with Crippen LogP contribution in [-0.4, -0.2) is 46.4 Å². The fraction of sp³-hybridized carbons (Fsp3) is 0.360. The fourth-order valence-corrected chi connectivity index (χ4v) is 4.06. The summed E-state index contributed by atoms with van der Waals surface area (Å²) in [4.78, 5) is 36.3. The molecule has 1 aliphatic heterocycles. The molecule has 1 N–H and O–H groups in total. The smallest absolute Gasteiger partial charge is 0.338 e. The van der Waals surface area contributed by atoms with Gasteiger partial charge in [-0.2, -0.15) is 0 Å². The summed E-state index contributed by atoms with van der Waals surface area (Å²) in [5.74, 6) is 0.0950. The van der Waals surface area contributed by atoms with Crippen LogP contribution in [-0.2, 0) is 4.74 Å². The Morgan fingerprint density at radius 1 is 1.19 bits per heavy atom. The van der Waals surface area contributed by atoms with E-state index in [1.807, 2.05) is 24.0 Å². The molecule has 0 aliphatic carbocycles. The lowest BCUT2D eigenvalue weighted by Crippen LogP contribution is -2.39. The number of pyridine rings is 2. The first-order valence-corrected chi connectivity index (χ1v) is 11.1. The van der Waals surface area contributed by atoms with Crippen LogP contribution in [0, 0.1) is 12.8 Å². The second kappa shape index (κ2) is 9.34. The van der Waals surface area contributed by atoms with Crippen LogP contribution in [0.25, 0.3) is 11.0 Å². The minimum Gasteiger partial charge on any atom is -0.462 e. The highest BCUT2D eigenvalue weighted by Crippen LogP contribution is 2.31. The lowest BCUT2D eigenvalue weighted by molar-refractivity contribution is 0.0526. The molecule has 166 valence electrons. The molecule has 0 unspecified atom stereocenters. The van der Waals surface area contributed by atoms with Gasteiger partial charge in [0, 0.05) is 36.1 Å². The Hall–Kier alpha value is -3.48. The molecule has 1 fully saturated rings. The molecule has 1 atom stereocenters. The Morgan fingerprint density at radius 2 is 1.97 bits per heavy atom. The first-order chi connectivity index (χ1) is 15.5. The first kappa shape index (κ1) is 21.7. The van der Waals surface area contributed by atoms with Crippen LogP contribution >= 0.6 is 0 Å². The molecule has 7 nitrogen and oxygen atoms in total. The topological polar surface area (TPSA) is 84.4 Å². The molecule has 4 rings (SSSR count). The molecular formula is C25H28N4O3. The van der Waals surface area contributed by atoms with Crippen LogP contribution in [0.2, 0.25) is 0 Å². The molecular weight excluding hydrogens is 404 g/mol. The summed E-state index contributed by atoms with van der Waals surface area (Å²) in [6.45, 7) is 7.69. The molecule has 0 saturated carbocycles. The van der Waals surface area contributed by atoms with Crippen molar-refractivity contribution in [3.05, 3.63) is 59.4 Å². The van der Waals surface area contributed by atoms with E-state index in [1.54, 1.807) is 37.4 Å². The summed E-state index contributed by atoms with van der Waals surface area (Å²) < 4.78 is 5.06. The number of hydrogen-bond donors (Lipinski definition) is 1. The molecule has 0 bridgehead atoms. The molecule has 2 aromatic heterocycles. The van der Waals surface area contributed by atoms with Crippen molar-refractivity contribution >= 4 is 34.3 Å². The third-order valence-corrected chi connectivity index (χ3v) is 5.71. The standard InChI is InChI=1S/C25H28N4O3/c1-4-32-25(31)18-8-10-19(11-9-18)28-22-20-12-7-17(3)27-23(20)26-14-21(22)24(30)29-13-5-6-16(2)15-29/h7-12,14,16H,4-6,13,15H2,1-3H3,(H,26,27,28)/t16-/m1/s1. The molecule has 1 aromatic carbocycles. The maximum Gasteiger partial charge on any atom is 0.338 e. The van der Waals surface area contributed by atoms with E-state index in [0.717, 1.165) is 42.7 Å². The van der Waals surface area contributed by atoms with Gasteiger partial charge in [0.05, 0.1) is 23.4 Å². The average molecular weight is 433 g/mol. The summed E-state index contributed by atoms with van der Waals surface area (Å²) in [5.41, 5.74) is 3.87. The van der Waals surface area contributed by atoms with Gasteiger partial charge in [0.15, 0.2) is 5.65 Å². The van der Waals surface area contributed by atoms with Gasteiger partial charge < -0.3 is 15.0 Å². The number of anilines is 2. The highest BCUT2D eigenvalue weighted by molar-refractivity contribution is 6.07. The first-order valence-electron chi connectivity index (χ1n) is 11.1. The summed E-state index contributed by atoms with van der Waals surface area (Å²) in [5, 5.41) is 4.16. The van der Waals surface area contributed by atoms with Gasteiger partial charge in [-0.1, -0.05) is 6.92 Å². The van der Waals surface area contributed by atoms with E-state index < -0.39 is 0 Å². The van der Waals surface area contributed by atoms with Crippen molar-refractivity contribution in [1.29, 1.82) is 0 Å². The number of nitrogens with zero attached hydrogens (tertiary/aromatic N) is 3. The van der Waals surface area contributed by atoms with Gasteiger partial charge in [-0.3, -0.25) is 4.79 Å². The van der Waals surface area contributed by atoms with E-state index in [4.69, 9.17) is 4.74 Å². The lowest BCUT2D eigenvalue weighted by atomic mass is 9.99. The Bertz CT molecular complexity index is 1140. The monoisotopic (exact) mass is 432 g/mol. The van der Waals surface area contributed by atoms with Crippen molar-refractivity contribution in [3.63, 3.8) is 0 Å². The van der Waals surface area contributed by atoms with Crippen LogP contribution in [0.3, 0.4) is 0 Å². The molecule has 0 spiro atoms. The Kier molecular flexibility index (Phi) is 6.35. The maximum atomic E-state index is 13.4. The number of nitrogens with one attached hydrogen (secondary N) is 1. The van der Waals surface area contributed by atoms with Gasteiger partial charge >= 0.3 is 5.97 Å². The predicted octanol–water partition coefficient (Wildman–Crippen LogP) is 4.73. The summed E-state index contributed by atoms with van der Waals surface area (Å²) in [7, 11) is 0. The van der Waals surface area contributed by atoms with Gasteiger partial charge in [0.25, 0.3) is 5.91 Å². The van der Waals surface area contributed by atoms with Crippen molar-refractivity contribution in [2.75, 3.05) is 25.0 Å². The van der Waals surface area contributed by atoms with E-state index in [9.17, 15) is 9.59 Å². The number of carbonyl (C=O) groups excluding carboxylic acids is 2. The lowest BCUT2D eigenvalue weighted by Gasteiger charge is -2.31. The number of likely N-dealkylation sites (tertiary alicyclic amines) is 1. The number of hydrogen-bond acceptors (Lipinski definition) is 6. The number of rotatable bonds is 5. The maximum absolute atomic E-state index is 13.4. The summed E-state index contributed by atoms with van der Waals surface area (Å²) in [6, 6.07) is 10.9. The number of fused-ring (bicyclic) bond motifs is 1. The third kappa shape index (κ3) is 4.56. The molecule has 7 heteroatoms. The summed E-state index contributed by atoms with van der Waals surface area (Å²) >= 11 is 0. The third-order valence-electron chi connectivity index (χ3n) is 5.71. The molecule has 0 radical (unpaired) electrons. The molecule has 3 heterocycles. The normalized spacial score (nSPS) is 16.1. The largest absolute Gasteiger partial charge is 0.462 e. The highest BCUT2D eigenvalue weighted by Gasteiger charge is 2.25. The molecule has 1 saturated heterocycles. The van der Waals surface area contributed by atoms with E-state index in [0.29, 0.717) is 35.0 Å². The van der Waals surface area contributed by atoms with Crippen molar-refractivity contribution in [3.8, 4) is 0 Å². The molecule has 1 aliphatic rings. The second-order valence-corrected chi connectivity index (χ2v) is 8.29. The minimum atomic E-state index is -0.358. The van der Waals surface area contributed by atoms with Gasteiger partial charge in [-0.15, -0.1) is 0 Å². The predicted molar refractivity (Wildman–Crippen MR) is 124 cm³/mol. The van der Waals surface area contributed by atoms with Gasteiger partial charge in [-0.05, 0) is 69.0 Å². The van der Waals surface area contributed by atoms with E-state index in [2.05, 4.69) is 22.2 Å². The zero-order chi connectivity index (χ0) is 22.7. The van der Waals surface area contributed by atoms with Crippen LogP contribution in [0.5, 0.6) is 0 Å². The SMILES string of the molecule is CCOC(=O)c1ccc(Nc2c(C(=O)N3CCC[C@@H](C)C3)cnc3nc(C)ccc23)cc1. The summed E-state index contributed by atoms with van der Waals surface area (Å²) in [6.07, 6.45) is 3.76. The zero-order valence-corrected chi connectivity index (χ0v) is 18.7. The number of esters is 1. The van der Waals surface area contributed by atoms with Crippen LogP contribution < -0.4 is 5.32 Å². The average Bonchev–Trinajstić information content (AvgIpc) is 2.79. The second-order valence-electron chi connectivity index (χ2n) is 8.29. The Labute approximate surface area is 187 Å². The minimum absolute atomic E-state index is 0.0304. The number of amides is 1. The van der Waals surface area contributed by atoms with Crippen LogP contribution in [0.4, 0.5) is 11.4 Å². The Balaban J connectivity index is 1.71. The molecule has 32 heavy (non-hydrogen) atoms. The van der Waals surface area contributed by atoms with Gasteiger partial charge in [0.2, 0.25) is 0 Å². The van der Waals surface area contributed by atoms with E-state index >= 15 is 0 Å². The van der Waals surface area contributed by atoms with Crippen molar-refractivity contribution < 1.29 is 14.3 Å². The van der Waals surface area contributed by atoms with Crippen LogP contribution in [0.15, 0.2) is 42.6 Å². The zero-order valence-electron chi connectivity index (χ0n) is 18.7. The van der Waals surface area contributed by atoms with Gasteiger partial charge in [0.1, 0.15) is 0 Å². The fourth-order valence-electron chi connectivity index (χ4n) is 4.06. The quantitative estimate of drug-likeness (QED) is 0.587. The number of aryl methyl sites for hydroxylation is 1. The van der Waals surface area contributed by atoms with Gasteiger partial charge in [-0.25, -0.2) is 14.8 Å². The molecule has 1 amide bonds. The number of aromatic nitrogens is 2. The van der Waals surface area contributed by atoms with Crippen molar-refractivity contribution in [1.82, 2.24) is 14.9 Å². The Morgan fingerprint density at radius 3 is 2.69 bits per heavy atom. The number of benzene rings is 1. The van der Waals surface area contributed by atoms with Crippen LogP contribution in [0.1, 0.15) is 53.1 Å². The van der Waals surface area contributed by atoms with E-state index in [-0.39, 0.29) is 11.9 Å².